The van der Waals surface area contributed by atoms with E-state index in [2.05, 4.69) is 179 Å². The molecule has 4 heterocycles. The summed E-state index contributed by atoms with van der Waals surface area (Å²) in [6, 6.07) is 70.3. The van der Waals surface area contributed by atoms with E-state index in [1.165, 1.54) is 21.8 Å². The largest absolute Gasteiger partial charge is 0.456 e. The second-order valence-electron chi connectivity index (χ2n) is 15.7. The average Bonchev–Trinajstić information content (AvgIpc) is 3.98. The van der Waals surface area contributed by atoms with E-state index in [9.17, 15) is 0 Å². The summed E-state index contributed by atoms with van der Waals surface area (Å²) in [6.45, 7) is 0. The van der Waals surface area contributed by atoms with Crippen LogP contribution in [0.4, 0.5) is 0 Å². The van der Waals surface area contributed by atoms with Crippen molar-refractivity contribution in [3.05, 3.63) is 200 Å². The maximum Gasteiger partial charge on any atom is 0.238 e. The number of aromatic nitrogens is 5. The Morgan fingerprint density at radius 3 is 1.39 bits per heavy atom. The molecule has 284 valence electrons. The molecule has 0 aliphatic rings. The molecule has 9 aromatic carbocycles. The first-order valence-corrected chi connectivity index (χ1v) is 20.5. The fourth-order valence-corrected chi connectivity index (χ4v) is 9.30. The van der Waals surface area contributed by atoms with Gasteiger partial charge in [-0.1, -0.05) is 133 Å². The third kappa shape index (κ3) is 5.26. The normalized spacial score (nSPS) is 11.9. The summed E-state index contributed by atoms with van der Waals surface area (Å²) in [6.07, 6.45) is 0. The summed E-state index contributed by atoms with van der Waals surface area (Å²) in [4.78, 5) is 15.3. The standard InChI is InChI=1S/C55H33N5O/c1-2-12-34(13-3-1)53-56-54(58-55(57-53)60-49-20-10-6-16-43(49)44-17-7-11-21-50(44)60)39-25-24-35-30-36(22-23-37(35)31-39)38-26-28-45-46-29-27-40(33-52(46)61-51(45)32-38)59-47-18-8-4-14-41(47)42-15-5-9-19-48(42)59/h1-33H. The molecule has 0 fully saturated rings. The van der Waals surface area contributed by atoms with E-state index in [4.69, 9.17) is 19.4 Å². The van der Waals surface area contributed by atoms with Crippen LogP contribution in [0.25, 0.3) is 122 Å². The van der Waals surface area contributed by atoms with E-state index in [0.717, 1.165) is 82.5 Å². The Hall–Kier alpha value is -8.35. The molecule has 0 atom stereocenters. The van der Waals surface area contributed by atoms with E-state index < -0.39 is 0 Å². The van der Waals surface area contributed by atoms with E-state index in [0.29, 0.717) is 17.6 Å². The number of fused-ring (bicyclic) bond motifs is 10. The molecule has 0 spiro atoms. The van der Waals surface area contributed by atoms with Gasteiger partial charge in [-0.2, -0.15) is 9.97 Å². The Labute approximate surface area is 349 Å². The van der Waals surface area contributed by atoms with Crippen molar-refractivity contribution in [3.8, 4) is 45.5 Å². The minimum atomic E-state index is 0.584. The highest BCUT2D eigenvalue weighted by molar-refractivity contribution is 6.11. The average molecular weight is 780 g/mol. The molecule has 0 aliphatic carbocycles. The fraction of sp³-hybridized carbons (Fsp3) is 0. The number of hydrogen-bond donors (Lipinski definition) is 0. The highest BCUT2D eigenvalue weighted by Gasteiger charge is 2.19. The molecular formula is C55H33N5O. The molecule has 13 aromatic rings. The van der Waals surface area contributed by atoms with Crippen molar-refractivity contribution in [2.24, 2.45) is 0 Å². The molecule has 0 bridgehead atoms. The van der Waals surface area contributed by atoms with Crippen LogP contribution in [0.1, 0.15) is 0 Å². The van der Waals surface area contributed by atoms with Crippen LogP contribution in [0.15, 0.2) is 205 Å². The number of rotatable bonds is 5. The SMILES string of the molecule is c1ccc(-c2nc(-c3ccc4cc(-c5ccc6c(c5)oc5cc(-n7c8ccccc8c8ccccc87)ccc56)ccc4c3)nc(-n3c4ccccc4c4ccccc43)n2)cc1. The van der Waals surface area contributed by atoms with Crippen molar-refractivity contribution in [1.29, 1.82) is 0 Å². The number of hydrogen-bond acceptors (Lipinski definition) is 4. The molecule has 6 heteroatoms. The van der Waals surface area contributed by atoms with Gasteiger partial charge in [-0.25, -0.2) is 4.98 Å². The van der Waals surface area contributed by atoms with Crippen molar-refractivity contribution in [2.45, 2.75) is 0 Å². The molecule has 4 aromatic heterocycles. The third-order valence-corrected chi connectivity index (χ3v) is 12.2. The van der Waals surface area contributed by atoms with Crippen molar-refractivity contribution in [2.75, 3.05) is 0 Å². The van der Waals surface area contributed by atoms with Gasteiger partial charge in [0.1, 0.15) is 11.2 Å². The first-order valence-electron chi connectivity index (χ1n) is 20.5. The van der Waals surface area contributed by atoms with E-state index in [1.54, 1.807) is 0 Å². The van der Waals surface area contributed by atoms with Gasteiger partial charge in [0, 0.05) is 55.2 Å². The second-order valence-corrected chi connectivity index (χ2v) is 15.7. The topological polar surface area (TPSA) is 61.7 Å². The Kier molecular flexibility index (Phi) is 7.21. The van der Waals surface area contributed by atoms with Crippen molar-refractivity contribution in [3.63, 3.8) is 0 Å². The number of benzene rings is 9. The van der Waals surface area contributed by atoms with Crippen LogP contribution in [-0.2, 0) is 0 Å². The number of para-hydroxylation sites is 4. The lowest BCUT2D eigenvalue weighted by Gasteiger charge is -2.11. The highest BCUT2D eigenvalue weighted by Crippen LogP contribution is 2.38. The van der Waals surface area contributed by atoms with Crippen LogP contribution in [0.5, 0.6) is 0 Å². The lowest BCUT2D eigenvalue weighted by atomic mass is 9.99. The summed E-state index contributed by atoms with van der Waals surface area (Å²) in [7, 11) is 0. The van der Waals surface area contributed by atoms with Gasteiger partial charge in [0.2, 0.25) is 5.95 Å². The number of nitrogens with zero attached hydrogens (tertiary/aromatic N) is 5. The van der Waals surface area contributed by atoms with E-state index >= 15 is 0 Å². The lowest BCUT2D eigenvalue weighted by Crippen LogP contribution is -2.06. The summed E-state index contributed by atoms with van der Waals surface area (Å²) in [5, 5.41) is 9.24. The molecule has 0 aliphatic heterocycles. The van der Waals surface area contributed by atoms with Crippen LogP contribution in [0, 0.1) is 0 Å². The minimum absolute atomic E-state index is 0.584. The molecule has 13 rings (SSSR count). The third-order valence-electron chi connectivity index (χ3n) is 12.2. The van der Waals surface area contributed by atoms with Crippen molar-refractivity contribution < 1.29 is 4.42 Å². The first-order chi connectivity index (χ1) is 30.2. The number of furan rings is 1. The van der Waals surface area contributed by atoms with Gasteiger partial charge in [-0.05, 0) is 82.6 Å². The molecule has 0 saturated carbocycles. The van der Waals surface area contributed by atoms with Crippen LogP contribution < -0.4 is 0 Å². The summed E-state index contributed by atoms with van der Waals surface area (Å²) in [5.74, 6) is 1.83. The Bertz CT molecular complexity index is 3790. The monoisotopic (exact) mass is 779 g/mol. The molecule has 6 nitrogen and oxygen atoms in total. The van der Waals surface area contributed by atoms with E-state index in [1.807, 2.05) is 30.3 Å². The van der Waals surface area contributed by atoms with Crippen LogP contribution in [0.2, 0.25) is 0 Å². The van der Waals surface area contributed by atoms with Gasteiger partial charge >= 0.3 is 0 Å². The summed E-state index contributed by atoms with van der Waals surface area (Å²) in [5.41, 5.74) is 11.3. The van der Waals surface area contributed by atoms with Gasteiger partial charge in [0.15, 0.2) is 11.6 Å². The van der Waals surface area contributed by atoms with Crippen molar-refractivity contribution in [1.82, 2.24) is 24.1 Å². The van der Waals surface area contributed by atoms with Crippen LogP contribution >= 0.6 is 0 Å². The lowest BCUT2D eigenvalue weighted by molar-refractivity contribution is 0.669. The molecule has 0 amide bonds. The Morgan fingerprint density at radius 2 is 0.770 bits per heavy atom. The summed E-state index contributed by atoms with van der Waals surface area (Å²) < 4.78 is 11.1. The van der Waals surface area contributed by atoms with Gasteiger partial charge in [0.25, 0.3) is 0 Å². The predicted molar refractivity (Wildman–Crippen MR) is 250 cm³/mol. The molecular weight excluding hydrogens is 747 g/mol. The Morgan fingerprint density at radius 1 is 0.311 bits per heavy atom. The Balaban J connectivity index is 0.883. The van der Waals surface area contributed by atoms with Gasteiger partial charge in [0.05, 0.1) is 22.1 Å². The predicted octanol–water partition coefficient (Wildman–Crippen LogP) is 14.1. The van der Waals surface area contributed by atoms with E-state index in [-0.39, 0.29) is 0 Å². The molecule has 0 saturated heterocycles. The molecule has 0 unspecified atom stereocenters. The highest BCUT2D eigenvalue weighted by atomic mass is 16.3. The maximum absolute atomic E-state index is 6.62. The molecule has 0 N–H and O–H groups in total. The zero-order valence-electron chi connectivity index (χ0n) is 32.7. The zero-order valence-corrected chi connectivity index (χ0v) is 32.7. The maximum atomic E-state index is 6.62. The molecule has 61 heavy (non-hydrogen) atoms. The smallest absolute Gasteiger partial charge is 0.238 e. The van der Waals surface area contributed by atoms with Gasteiger partial charge in [-0.3, -0.25) is 4.57 Å². The summed E-state index contributed by atoms with van der Waals surface area (Å²) >= 11 is 0. The van der Waals surface area contributed by atoms with Crippen LogP contribution in [0.3, 0.4) is 0 Å². The van der Waals surface area contributed by atoms with Gasteiger partial charge in [-0.15, -0.1) is 0 Å². The first kappa shape index (κ1) is 33.6. The fourth-order valence-electron chi connectivity index (χ4n) is 9.30. The van der Waals surface area contributed by atoms with Crippen LogP contribution in [-0.4, -0.2) is 24.1 Å². The van der Waals surface area contributed by atoms with Gasteiger partial charge < -0.3 is 8.98 Å². The van der Waals surface area contributed by atoms with Crippen molar-refractivity contribution >= 4 is 76.3 Å². The molecule has 0 radical (unpaired) electrons. The zero-order chi connectivity index (χ0) is 40.0. The quantitative estimate of drug-likeness (QED) is 0.175. The minimum Gasteiger partial charge on any atom is -0.456 e. The second kappa shape index (κ2) is 13.1.